The highest BCUT2D eigenvalue weighted by atomic mass is 127. The number of piperazine rings is 1. The summed E-state index contributed by atoms with van der Waals surface area (Å²) in [5, 5.41) is 5.76. The van der Waals surface area contributed by atoms with Gasteiger partial charge >= 0.3 is 6.03 Å². The van der Waals surface area contributed by atoms with Crippen LogP contribution in [0.25, 0.3) is 0 Å². The summed E-state index contributed by atoms with van der Waals surface area (Å²) >= 11 is 0. The first-order valence-electron chi connectivity index (χ1n) is 8.27. The van der Waals surface area contributed by atoms with Crippen molar-refractivity contribution in [3.8, 4) is 0 Å². The molecule has 24 heavy (non-hydrogen) atoms. The molecule has 0 unspecified atom stereocenters. The number of guanidine groups is 1. The summed E-state index contributed by atoms with van der Waals surface area (Å²) in [5.74, 6) is 1.35. The van der Waals surface area contributed by atoms with Gasteiger partial charge in [0.15, 0.2) is 5.96 Å². The number of carbonyl (C=O) groups excluding carboxylic acids is 2. The van der Waals surface area contributed by atoms with Crippen molar-refractivity contribution in [3.05, 3.63) is 0 Å². The first-order chi connectivity index (χ1) is 11.0. The molecule has 0 bridgehead atoms. The second-order valence-electron chi connectivity index (χ2n) is 6.36. The first kappa shape index (κ1) is 20.9. The van der Waals surface area contributed by atoms with Gasteiger partial charge in [-0.25, -0.2) is 4.79 Å². The molecule has 138 valence electrons. The van der Waals surface area contributed by atoms with E-state index in [1.807, 2.05) is 0 Å². The lowest BCUT2D eigenvalue weighted by atomic mass is 10.2. The highest BCUT2D eigenvalue weighted by Gasteiger charge is 2.28. The fourth-order valence-corrected chi connectivity index (χ4v) is 2.95. The molecule has 0 radical (unpaired) electrons. The molecule has 0 atom stereocenters. The van der Waals surface area contributed by atoms with Crippen LogP contribution in [0.3, 0.4) is 0 Å². The molecular weight excluding hydrogens is 423 g/mol. The molecule has 2 N–H and O–H groups in total. The van der Waals surface area contributed by atoms with E-state index in [0.29, 0.717) is 19.0 Å². The highest BCUT2D eigenvalue weighted by Crippen LogP contribution is 2.05. The van der Waals surface area contributed by atoms with E-state index in [4.69, 9.17) is 0 Å². The SMILES string of the molecule is CN=C(NCCN1C(=O)CNC1=O)N1CCN(CC(C)C)CC1.I. The molecular formula is C15H29IN6O2. The lowest BCUT2D eigenvalue weighted by Gasteiger charge is -2.37. The van der Waals surface area contributed by atoms with Crippen LogP contribution in [0.1, 0.15) is 13.8 Å². The Bertz CT molecular complexity index is 447. The van der Waals surface area contributed by atoms with E-state index in [2.05, 4.69) is 39.3 Å². The van der Waals surface area contributed by atoms with Gasteiger partial charge in [0, 0.05) is 52.9 Å². The molecule has 2 aliphatic rings. The maximum Gasteiger partial charge on any atom is 0.324 e. The van der Waals surface area contributed by atoms with Crippen LogP contribution in [0.2, 0.25) is 0 Å². The topological polar surface area (TPSA) is 80.3 Å². The van der Waals surface area contributed by atoms with E-state index in [1.54, 1.807) is 7.05 Å². The Balaban J connectivity index is 0.00000288. The van der Waals surface area contributed by atoms with Crippen LogP contribution >= 0.6 is 24.0 Å². The quantitative estimate of drug-likeness (QED) is 0.266. The second kappa shape index (κ2) is 10.0. The predicted molar refractivity (Wildman–Crippen MR) is 105 cm³/mol. The number of imide groups is 1. The van der Waals surface area contributed by atoms with E-state index in [-0.39, 0.29) is 42.5 Å². The van der Waals surface area contributed by atoms with Gasteiger partial charge < -0.3 is 15.5 Å². The van der Waals surface area contributed by atoms with E-state index in [9.17, 15) is 9.59 Å². The Morgan fingerprint density at radius 1 is 1.25 bits per heavy atom. The molecule has 2 saturated heterocycles. The molecule has 2 rings (SSSR count). The van der Waals surface area contributed by atoms with E-state index < -0.39 is 0 Å². The molecule has 0 saturated carbocycles. The fourth-order valence-electron chi connectivity index (χ4n) is 2.95. The predicted octanol–water partition coefficient (Wildman–Crippen LogP) is 0.00520. The van der Waals surface area contributed by atoms with Crippen LogP contribution in [0.4, 0.5) is 4.79 Å². The summed E-state index contributed by atoms with van der Waals surface area (Å²) in [4.78, 5) is 33.2. The van der Waals surface area contributed by atoms with Crippen molar-refractivity contribution in [2.24, 2.45) is 10.9 Å². The monoisotopic (exact) mass is 452 g/mol. The van der Waals surface area contributed by atoms with Crippen molar-refractivity contribution in [2.75, 3.05) is 59.4 Å². The van der Waals surface area contributed by atoms with Crippen LogP contribution in [-0.4, -0.2) is 92.0 Å². The number of amides is 3. The molecule has 2 fully saturated rings. The Hall–Kier alpha value is -1.10. The van der Waals surface area contributed by atoms with Gasteiger partial charge in [0.2, 0.25) is 5.91 Å². The molecule has 0 aliphatic carbocycles. The zero-order valence-electron chi connectivity index (χ0n) is 14.7. The molecule has 0 spiro atoms. The second-order valence-corrected chi connectivity index (χ2v) is 6.36. The average molecular weight is 452 g/mol. The van der Waals surface area contributed by atoms with Gasteiger partial charge in [-0.1, -0.05) is 13.8 Å². The molecule has 3 amide bonds. The summed E-state index contributed by atoms with van der Waals surface area (Å²) in [6.07, 6.45) is 0. The largest absolute Gasteiger partial charge is 0.354 e. The standard InChI is InChI=1S/C15H28N6O2.HI/c1-12(2)11-19-6-8-20(9-7-19)14(16-3)17-4-5-21-13(22)10-18-15(21)23;/h12H,4-11H2,1-3H3,(H,16,17)(H,18,23);1H. The van der Waals surface area contributed by atoms with Crippen LogP contribution in [0.5, 0.6) is 0 Å². The van der Waals surface area contributed by atoms with Gasteiger partial charge in [-0.15, -0.1) is 24.0 Å². The minimum absolute atomic E-state index is 0. The maximum absolute atomic E-state index is 11.5. The summed E-state index contributed by atoms with van der Waals surface area (Å²) in [5.41, 5.74) is 0. The lowest BCUT2D eigenvalue weighted by Crippen LogP contribution is -2.53. The third-order valence-corrected chi connectivity index (χ3v) is 4.06. The Morgan fingerprint density at radius 2 is 1.92 bits per heavy atom. The number of nitrogens with one attached hydrogen (secondary N) is 2. The van der Waals surface area contributed by atoms with Crippen LogP contribution < -0.4 is 10.6 Å². The summed E-state index contributed by atoms with van der Waals surface area (Å²) in [7, 11) is 1.76. The molecule has 0 aromatic heterocycles. The van der Waals surface area contributed by atoms with Crippen LogP contribution in [-0.2, 0) is 4.79 Å². The van der Waals surface area contributed by atoms with E-state index >= 15 is 0 Å². The number of hydrogen-bond acceptors (Lipinski definition) is 4. The lowest BCUT2D eigenvalue weighted by molar-refractivity contribution is -0.124. The number of nitrogens with zero attached hydrogens (tertiary/aromatic N) is 4. The third kappa shape index (κ3) is 5.76. The number of carbonyl (C=O) groups is 2. The minimum Gasteiger partial charge on any atom is -0.354 e. The van der Waals surface area contributed by atoms with Gasteiger partial charge in [0.05, 0.1) is 6.54 Å². The van der Waals surface area contributed by atoms with Gasteiger partial charge in [0.25, 0.3) is 0 Å². The van der Waals surface area contributed by atoms with Crippen molar-refractivity contribution in [1.29, 1.82) is 0 Å². The third-order valence-electron chi connectivity index (χ3n) is 4.06. The summed E-state index contributed by atoms with van der Waals surface area (Å²) in [6, 6.07) is -0.311. The Labute approximate surface area is 161 Å². The number of rotatable bonds is 5. The molecule has 0 aromatic carbocycles. The highest BCUT2D eigenvalue weighted by molar-refractivity contribution is 14.0. The van der Waals surface area contributed by atoms with Crippen molar-refractivity contribution in [3.63, 3.8) is 0 Å². The maximum atomic E-state index is 11.5. The van der Waals surface area contributed by atoms with Crippen molar-refractivity contribution < 1.29 is 9.59 Å². The number of urea groups is 1. The zero-order chi connectivity index (χ0) is 16.8. The number of aliphatic imine (C=N–C) groups is 1. The fraction of sp³-hybridized carbons (Fsp3) is 0.800. The molecule has 9 heteroatoms. The van der Waals surface area contributed by atoms with Crippen molar-refractivity contribution >= 4 is 41.9 Å². The van der Waals surface area contributed by atoms with Gasteiger partial charge in [-0.05, 0) is 5.92 Å². The minimum atomic E-state index is -0.311. The van der Waals surface area contributed by atoms with Gasteiger partial charge in [-0.3, -0.25) is 19.6 Å². The Kier molecular flexibility index (Phi) is 8.74. The van der Waals surface area contributed by atoms with E-state index in [1.165, 1.54) is 4.90 Å². The van der Waals surface area contributed by atoms with Gasteiger partial charge in [0.1, 0.15) is 0 Å². The first-order valence-corrected chi connectivity index (χ1v) is 8.27. The average Bonchev–Trinajstić information content (AvgIpc) is 2.83. The molecule has 2 aliphatic heterocycles. The molecule has 8 nitrogen and oxygen atoms in total. The smallest absolute Gasteiger partial charge is 0.324 e. The van der Waals surface area contributed by atoms with Crippen molar-refractivity contribution in [1.82, 2.24) is 25.3 Å². The van der Waals surface area contributed by atoms with Crippen LogP contribution in [0.15, 0.2) is 4.99 Å². The van der Waals surface area contributed by atoms with Crippen molar-refractivity contribution in [2.45, 2.75) is 13.8 Å². The Morgan fingerprint density at radius 3 is 2.42 bits per heavy atom. The number of hydrogen-bond donors (Lipinski definition) is 2. The zero-order valence-corrected chi connectivity index (χ0v) is 17.1. The van der Waals surface area contributed by atoms with Gasteiger partial charge in [-0.2, -0.15) is 0 Å². The molecule has 2 heterocycles. The summed E-state index contributed by atoms with van der Waals surface area (Å²) in [6.45, 7) is 10.5. The summed E-state index contributed by atoms with van der Waals surface area (Å²) < 4.78 is 0. The normalized spacial score (nSPS) is 19.6. The number of halogens is 1. The molecule has 0 aromatic rings. The van der Waals surface area contributed by atoms with Crippen LogP contribution in [0, 0.1) is 5.92 Å². The van der Waals surface area contributed by atoms with E-state index in [0.717, 1.165) is 38.7 Å².